The summed E-state index contributed by atoms with van der Waals surface area (Å²) < 4.78 is 11.7. The van der Waals surface area contributed by atoms with Crippen LogP contribution in [0.2, 0.25) is 0 Å². The van der Waals surface area contributed by atoms with E-state index in [1.54, 1.807) is 58.0 Å². The lowest BCUT2D eigenvalue weighted by molar-refractivity contribution is -0.158. The number of hydrogen-bond acceptors (Lipinski definition) is 6. The number of aromatic nitrogens is 1. The molecule has 0 bridgehead atoms. The van der Waals surface area contributed by atoms with E-state index in [1.165, 1.54) is 0 Å². The number of benzene rings is 1. The zero-order chi connectivity index (χ0) is 21.4. The van der Waals surface area contributed by atoms with Crippen LogP contribution in [0.3, 0.4) is 0 Å². The number of nitriles is 1. The number of rotatable bonds is 4. The maximum absolute atomic E-state index is 13.1. The largest absolute Gasteiger partial charge is 0.508 e. The molecule has 0 atom stereocenters. The van der Waals surface area contributed by atoms with Gasteiger partial charge in [0.1, 0.15) is 34.5 Å². The third-order valence-corrected chi connectivity index (χ3v) is 4.88. The third-order valence-electron chi connectivity index (χ3n) is 4.88. The molecule has 6 nitrogen and oxygen atoms in total. The molecule has 0 saturated heterocycles. The molecule has 6 heteroatoms. The van der Waals surface area contributed by atoms with Gasteiger partial charge in [-0.25, -0.2) is 4.98 Å². The zero-order valence-corrected chi connectivity index (χ0v) is 17.2. The van der Waals surface area contributed by atoms with Gasteiger partial charge in [-0.15, -0.1) is 0 Å². The van der Waals surface area contributed by atoms with Crippen molar-refractivity contribution < 1.29 is 19.4 Å². The van der Waals surface area contributed by atoms with Gasteiger partial charge >= 0.3 is 0 Å². The second-order valence-electron chi connectivity index (χ2n) is 7.92. The topological polar surface area (TPSA) is 92.4 Å². The molecule has 2 aromatic rings. The van der Waals surface area contributed by atoms with Crippen LogP contribution in [-0.4, -0.2) is 27.1 Å². The summed E-state index contributed by atoms with van der Waals surface area (Å²) in [5.74, 6) is 0.343. The zero-order valence-electron chi connectivity index (χ0n) is 17.2. The van der Waals surface area contributed by atoms with Crippen molar-refractivity contribution in [2.45, 2.75) is 52.2 Å². The Morgan fingerprint density at radius 1 is 1.17 bits per heavy atom. The van der Waals surface area contributed by atoms with Crippen LogP contribution in [0.4, 0.5) is 0 Å². The molecular weight excluding hydrogens is 368 g/mol. The van der Waals surface area contributed by atoms with Crippen molar-refractivity contribution in [2.24, 2.45) is 0 Å². The molecule has 2 heterocycles. The average Bonchev–Trinajstić information content (AvgIpc) is 2.66. The summed E-state index contributed by atoms with van der Waals surface area (Å²) in [7, 11) is 0. The molecule has 0 amide bonds. The van der Waals surface area contributed by atoms with E-state index in [4.69, 9.17) is 14.7 Å². The minimum Gasteiger partial charge on any atom is -0.508 e. The second kappa shape index (κ2) is 7.34. The van der Waals surface area contributed by atoms with Crippen LogP contribution in [0, 0.1) is 11.3 Å². The normalized spacial score (nSPS) is 17.7. The first kappa shape index (κ1) is 20.6. The lowest BCUT2D eigenvalue weighted by atomic mass is 9.81. The molecular formula is C23H24N2O4. The molecule has 3 rings (SSSR count). The summed E-state index contributed by atoms with van der Waals surface area (Å²) in [5, 5.41) is 19.9. The van der Waals surface area contributed by atoms with Gasteiger partial charge in [0.15, 0.2) is 5.78 Å². The lowest BCUT2D eigenvalue weighted by Crippen LogP contribution is -2.49. The van der Waals surface area contributed by atoms with E-state index >= 15 is 0 Å². The number of ketones is 1. The molecule has 29 heavy (non-hydrogen) atoms. The van der Waals surface area contributed by atoms with Gasteiger partial charge in [-0.3, -0.25) is 4.79 Å². The number of aliphatic hydroxyl groups is 1. The van der Waals surface area contributed by atoms with Gasteiger partial charge in [0.2, 0.25) is 5.88 Å². The number of nitrogens with zero attached hydrogens (tertiary/aromatic N) is 2. The highest BCUT2D eigenvalue weighted by Gasteiger charge is 2.47. The van der Waals surface area contributed by atoms with Crippen LogP contribution in [0.25, 0.3) is 5.57 Å². The van der Waals surface area contributed by atoms with E-state index in [1.807, 2.05) is 19.1 Å². The number of carbonyl (C=O) groups excluding carboxylic acids is 1. The monoisotopic (exact) mass is 392 g/mol. The predicted molar refractivity (Wildman–Crippen MR) is 109 cm³/mol. The Hall–Kier alpha value is -3.17. The summed E-state index contributed by atoms with van der Waals surface area (Å²) >= 11 is 0. The molecule has 1 aromatic carbocycles. The minimum absolute atomic E-state index is 0.0988. The van der Waals surface area contributed by atoms with Crippen molar-refractivity contribution in [2.75, 3.05) is 0 Å². The van der Waals surface area contributed by atoms with E-state index in [9.17, 15) is 9.90 Å². The maximum atomic E-state index is 13.1. The first-order chi connectivity index (χ1) is 13.6. The Labute approximate surface area is 170 Å². The van der Waals surface area contributed by atoms with Crippen LogP contribution in [0.5, 0.6) is 11.6 Å². The summed E-state index contributed by atoms with van der Waals surface area (Å²) in [6, 6.07) is 12.3. The number of ether oxygens (including phenoxy) is 2. The number of aliphatic hydroxyl groups excluding tert-OH is 1. The summed E-state index contributed by atoms with van der Waals surface area (Å²) in [6.45, 7) is 8.86. The van der Waals surface area contributed by atoms with Gasteiger partial charge in [0, 0.05) is 6.07 Å². The fourth-order valence-corrected chi connectivity index (χ4v) is 3.51. The maximum Gasteiger partial charge on any atom is 0.220 e. The van der Waals surface area contributed by atoms with Crippen LogP contribution in [0.15, 0.2) is 42.2 Å². The molecule has 1 aliphatic heterocycles. The standard InChI is InChI=1S/C23H24N2O4/c1-6-14-10-11-16(28-18-9-7-8-15(13-24)25-18)12-17(14)19-20(26)22(2,3)29-23(4,5)21(19)27/h7-12,26H,6H2,1-5H3. The minimum atomic E-state index is -1.07. The van der Waals surface area contributed by atoms with Gasteiger partial charge in [0.05, 0.1) is 5.57 Å². The van der Waals surface area contributed by atoms with Crippen molar-refractivity contribution in [3.63, 3.8) is 0 Å². The van der Waals surface area contributed by atoms with Crippen LogP contribution in [-0.2, 0) is 16.0 Å². The van der Waals surface area contributed by atoms with Crippen molar-refractivity contribution in [3.05, 3.63) is 59.0 Å². The highest BCUT2D eigenvalue weighted by molar-refractivity contribution is 6.26. The molecule has 1 aliphatic rings. The van der Waals surface area contributed by atoms with Gasteiger partial charge in [-0.2, -0.15) is 5.26 Å². The quantitative estimate of drug-likeness (QED) is 0.808. The van der Waals surface area contributed by atoms with Gasteiger partial charge in [-0.1, -0.05) is 19.1 Å². The summed E-state index contributed by atoms with van der Waals surface area (Å²) in [4.78, 5) is 17.3. The number of carbonyl (C=O) groups is 1. The smallest absolute Gasteiger partial charge is 0.220 e. The van der Waals surface area contributed by atoms with Crippen molar-refractivity contribution in [1.29, 1.82) is 5.26 Å². The average molecular weight is 392 g/mol. The number of aryl methyl sites for hydroxylation is 1. The molecule has 0 radical (unpaired) electrons. The van der Waals surface area contributed by atoms with Crippen LogP contribution in [0.1, 0.15) is 51.4 Å². The SMILES string of the molecule is CCc1ccc(Oc2cccc(C#N)n2)cc1C1=C(O)C(C)(C)OC(C)(C)C1=O. The number of Topliss-reactive ketones (excluding diaryl/α,β-unsaturated/α-hetero) is 1. The molecule has 1 N–H and O–H groups in total. The molecule has 0 unspecified atom stereocenters. The summed E-state index contributed by atoms with van der Waals surface area (Å²) in [6.07, 6.45) is 0.670. The first-order valence-electron chi connectivity index (χ1n) is 9.46. The Morgan fingerprint density at radius 2 is 1.90 bits per heavy atom. The van der Waals surface area contributed by atoms with E-state index in [2.05, 4.69) is 4.98 Å². The lowest BCUT2D eigenvalue weighted by Gasteiger charge is -2.40. The molecule has 0 aliphatic carbocycles. The molecule has 0 fully saturated rings. The number of pyridine rings is 1. The molecule has 0 saturated carbocycles. The van der Waals surface area contributed by atoms with Crippen molar-refractivity contribution >= 4 is 11.4 Å². The summed E-state index contributed by atoms with van der Waals surface area (Å²) in [5.41, 5.74) is -0.0797. The molecule has 0 spiro atoms. The predicted octanol–water partition coefficient (Wildman–Crippen LogP) is 4.73. The third kappa shape index (κ3) is 3.87. The van der Waals surface area contributed by atoms with E-state index in [-0.39, 0.29) is 28.7 Å². The van der Waals surface area contributed by atoms with Gasteiger partial charge in [0.25, 0.3) is 0 Å². The van der Waals surface area contributed by atoms with Crippen molar-refractivity contribution in [1.82, 2.24) is 4.98 Å². The Morgan fingerprint density at radius 3 is 2.55 bits per heavy atom. The van der Waals surface area contributed by atoms with Crippen LogP contribution < -0.4 is 4.74 Å². The van der Waals surface area contributed by atoms with Gasteiger partial charge < -0.3 is 14.6 Å². The van der Waals surface area contributed by atoms with Crippen LogP contribution >= 0.6 is 0 Å². The fourth-order valence-electron chi connectivity index (χ4n) is 3.51. The Kier molecular flexibility index (Phi) is 5.20. The highest BCUT2D eigenvalue weighted by atomic mass is 16.5. The Balaban J connectivity index is 2.12. The van der Waals surface area contributed by atoms with Gasteiger partial charge in [-0.05, 0) is 63.4 Å². The number of hydrogen-bond donors (Lipinski definition) is 1. The highest BCUT2D eigenvalue weighted by Crippen LogP contribution is 2.41. The molecule has 1 aromatic heterocycles. The van der Waals surface area contributed by atoms with E-state index < -0.39 is 11.2 Å². The van der Waals surface area contributed by atoms with E-state index in [0.717, 1.165) is 5.56 Å². The molecule has 150 valence electrons. The fraction of sp³-hybridized carbons (Fsp3) is 0.348. The second-order valence-corrected chi connectivity index (χ2v) is 7.92. The van der Waals surface area contributed by atoms with E-state index in [0.29, 0.717) is 17.7 Å². The Bertz CT molecular complexity index is 1050. The van der Waals surface area contributed by atoms with Crippen molar-refractivity contribution in [3.8, 4) is 17.7 Å². The first-order valence-corrected chi connectivity index (χ1v) is 9.46.